The number of hydrazone groups is 1. The van der Waals surface area contributed by atoms with Crippen molar-refractivity contribution in [2.75, 3.05) is 5.32 Å². The standard InChI is InChI=1S/C21H17N5O2/c1-12-15(10-14-6-5-9-22-19(14)23-12)18-11-21(26(25-18)13(2)27)16-7-3-4-8-17(16)24-20(21)28/h3-10H,11H2,1-2H3,(H,24,28). The number of pyridine rings is 2. The van der Waals surface area contributed by atoms with Crippen LogP contribution in [0.2, 0.25) is 0 Å². The lowest BCUT2D eigenvalue weighted by molar-refractivity contribution is -0.142. The molecule has 7 heteroatoms. The van der Waals surface area contributed by atoms with Crippen LogP contribution in [0.3, 0.4) is 0 Å². The Bertz CT molecular complexity index is 1200. The van der Waals surface area contributed by atoms with Crippen molar-refractivity contribution in [2.24, 2.45) is 5.10 Å². The third-order valence-corrected chi connectivity index (χ3v) is 5.39. The van der Waals surface area contributed by atoms with Crippen LogP contribution in [0.4, 0.5) is 5.69 Å². The SMILES string of the molecule is CC(=O)N1N=C(c2cc3cccnc3nc2C)CC12C(=O)Nc1ccccc12. The van der Waals surface area contributed by atoms with E-state index in [4.69, 9.17) is 0 Å². The molecule has 3 aromatic rings. The van der Waals surface area contributed by atoms with Crippen LogP contribution in [0.5, 0.6) is 0 Å². The normalized spacial score (nSPS) is 20.4. The predicted molar refractivity (Wildman–Crippen MR) is 105 cm³/mol. The van der Waals surface area contributed by atoms with Crippen LogP contribution in [-0.2, 0) is 15.1 Å². The fraction of sp³-hybridized carbons (Fsp3) is 0.190. The van der Waals surface area contributed by atoms with Crippen molar-refractivity contribution < 1.29 is 9.59 Å². The van der Waals surface area contributed by atoms with Gasteiger partial charge < -0.3 is 5.32 Å². The number of hydrogen-bond acceptors (Lipinski definition) is 5. The number of anilines is 1. The first kappa shape index (κ1) is 16.6. The molecule has 0 saturated carbocycles. The zero-order valence-electron chi connectivity index (χ0n) is 15.4. The van der Waals surface area contributed by atoms with Gasteiger partial charge in [-0.15, -0.1) is 0 Å². The number of hydrogen-bond donors (Lipinski definition) is 1. The Morgan fingerprint density at radius 1 is 1.21 bits per heavy atom. The molecule has 0 fully saturated rings. The number of nitrogens with one attached hydrogen (secondary N) is 1. The van der Waals surface area contributed by atoms with Gasteiger partial charge in [0, 0.05) is 47.4 Å². The Hall–Kier alpha value is -3.61. The fourth-order valence-corrected chi connectivity index (χ4v) is 4.12. The highest BCUT2D eigenvalue weighted by atomic mass is 16.2. The maximum atomic E-state index is 13.0. The van der Waals surface area contributed by atoms with E-state index < -0.39 is 5.54 Å². The fourth-order valence-electron chi connectivity index (χ4n) is 4.12. The number of carbonyl (C=O) groups is 2. The molecule has 1 atom stereocenters. The predicted octanol–water partition coefficient (Wildman–Crippen LogP) is 2.74. The summed E-state index contributed by atoms with van der Waals surface area (Å²) in [5, 5.41) is 9.69. The zero-order chi connectivity index (χ0) is 19.5. The topological polar surface area (TPSA) is 87.6 Å². The van der Waals surface area contributed by atoms with E-state index in [1.165, 1.54) is 11.9 Å². The second kappa shape index (κ2) is 5.69. The summed E-state index contributed by atoms with van der Waals surface area (Å²) in [7, 11) is 0. The van der Waals surface area contributed by atoms with Crippen molar-refractivity contribution in [3.05, 3.63) is 65.5 Å². The van der Waals surface area contributed by atoms with Crippen LogP contribution in [0.1, 0.15) is 30.2 Å². The average Bonchev–Trinajstić information content (AvgIpc) is 3.21. The van der Waals surface area contributed by atoms with Crippen LogP contribution < -0.4 is 5.32 Å². The minimum atomic E-state index is -1.16. The van der Waals surface area contributed by atoms with Gasteiger partial charge in [0.2, 0.25) is 5.91 Å². The number of rotatable bonds is 1. The van der Waals surface area contributed by atoms with E-state index in [1.54, 1.807) is 6.20 Å². The van der Waals surface area contributed by atoms with Crippen LogP contribution in [0, 0.1) is 6.92 Å². The second-order valence-electron chi connectivity index (χ2n) is 7.09. The number of nitrogens with zero attached hydrogens (tertiary/aromatic N) is 4. The number of aromatic nitrogens is 2. The maximum absolute atomic E-state index is 13.0. The molecule has 1 spiro atoms. The Balaban J connectivity index is 1.68. The van der Waals surface area contributed by atoms with Crippen LogP contribution in [0.15, 0.2) is 53.8 Å². The highest BCUT2D eigenvalue weighted by Gasteiger charge is 2.57. The van der Waals surface area contributed by atoms with Crippen molar-refractivity contribution in [3.8, 4) is 0 Å². The summed E-state index contributed by atoms with van der Waals surface area (Å²) in [6.07, 6.45) is 2.00. The van der Waals surface area contributed by atoms with Gasteiger partial charge in [-0.2, -0.15) is 5.10 Å². The lowest BCUT2D eigenvalue weighted by Gasteiger charge is -2.29. The maximum Gasteiger partial charge on any atom is 0.257 e. The molecule has 1 aromatic carbocycles. The van der Waals surface area contributed by atoms with Gasteiger partial charge in [-0.3, -0.25) is 9.59 Å². The van der Waals surface area contributed by atoms with Gasteiger partial charge in [0.25, 0.3) is 5.91 Å². The molecule has 1 unspecified atom stereocenters. The molecular formula is C21H17N5O2. The van der Waals surface area contributed by atoms with Crippen LogP contribution in [0.25, 0.3) is 11.0 Å². The molecule has 2 aliphatic heterocycles. The monoisotopic (exact) mass is 371 g/mol. The minimum Gasteiger partial charge on any atom is -0.323 e. The summed E-state index contributed by atoms with van der Waals surface area (Å²) < 4.78 is 0. The largest absolute Gasteiger partial charge is 0.323 e. The molecule has 28 heavy (non-hydrogen) atoms. The van der Waals surface area contributed by atoms with E-state index in [0.29, 0.717) is 23.5 Å². The van der Waals surface area contributed by atoms with Gasteiger partial charge in [-0.05, 0) is 31.2 Å². The Morgan fingerprint density at radius 2 is 2.04 bits per heavy atom. The van der Waals surface area contributed by atoms with Crippen molar-refractivity contribution in [3.63, 3.8) is 0 Å². The van der Waals surface area contributed by atoms with Crippen molar-refractivity contribution in [1.82, 2.24) is 15.0 Å². The summed E-state index contributed by atoms with van der Waals surface area (Å²) in [5.74, 6) is -0.523. The van der Waals surface area contributed by atoms with Crippen molar-refractivity contribution >= 4 is 34.2 Å². The molecule has 5 rings (SSSR count). The highest BCUT2D eigenvalue weighted by molar-refractivity contribution is 6.15. The molecule has 0 bridgehead atoms. The Kier molecular flexibility index (Phi) is 3.37. The van der Waals surface area contributed by atoms with Gasteiger partial charge in [-0.1, -0.05) is 18.2 Å². The van der Waals surface area contributed by atoms with E-state index in [2.05, 4.69) is 20.4 Å². The number of fused-ring (bicyclic) bond motifs is 3. The lowest BCUT2D eigenvalue weighted by atomic mass is 9.84. The third kappa shape index (κ3) is 2.13. The van der Waals surface area contributed by atoms with E-state index in [0.717, 1.165) is 22.2 Å². The quantitative estimate of drug-likeness (QED) is 0.712. The molecule has 2 aromatic heterocycles. The lowest BCUT2D eigenvalue weighted by Crippen LogP contribution is -2.47. The Morgan fingerprint density at radius 3 is 2.86 bits per heavy atom. The molecule has 0 saturated heterocycles. The van der Waals surface area contributed by atoms with Crippen molar-refractivity contribution in [1.29, 1.82) is 0 Å². The summed E-state index contributed by atoms with van der Waals surface area (Å²) >= 11 is 0. The van der Waals surface area contributed by atoms with E-state index in [-0.39, 0.29) is 11.8 Å². The summed E-state index contributed by atoms with van der Waals surface area (Å²) in [5.41, 5.74) is 3.23. The van der Waals surface area contributed by atoms with Crippen LogP contribution in [-0.4, -0.2) is 32.5 Å². The first-order valence-electron chi connectivity index (χ1n) is 9.03. The number of benzene rings is 1. The molecule has 2 aliphatic rings. The summed E-state index contributed by atoms with van der Waals surface area (Å²) in [6.45, 7) is 3.32. The van der Waals surface area contributed by atoms with Gasteiger partial charge in [0.1, 0.15) is 0 Å². The van der Waals surface area contributed by atoms with E-state index in [1.807, 2.05) is 49.4 Å². The molecule has 2 amide bonds. The minimum absolute atomic E-state index is 0.240. The van der Waals surface area contributed by atoms with Gasteiger partial charge in [0.15, 0.2) is 11.2 Å². The number of amides is 2. The molecule has 0 aliphatic carbocycles. The third-order valence-electron chi connectivity index (χ3n) is 5.39. The first-order chi connectivity index (χ1) is 13.5. The molecule has 0 radical (unpaired) electrons. The molecule has 1 N–H and O–H groups in total. The van der Waals surface area contributed by atoms with Gasteiger partial charge in [0.05, 0.1) is 5.71 Å². The first-order valence-corrected chi connectivity index (χ1v) is 9.03. The summed E-state index contributed by atoms with van der Waals surface area (Å²) in [6, 6.07) is 13.2. The molecule has 7 nitrogen and oxygen atoms in total. The van der Waals surface area contributed by atoms with E-state index >= 15 is 0 Å². The number of carbonyl (C=O) groups excluding carboxylic acids is 2. The highest BCUT2D eigenvalue weighted by Crippen LogP contribution is 2.47. The molecular weight excluding hydrogens is 354 g/mol. The van der Waals surface area contributed by atoms with Crippen molar-refractivity contribution in [2.45, 2.75) is 25.8 Å². The second-order valence-corrected chi connectivity index (χ2v) is 7.09. The van der Waals surface area contributed by atoms with Gasteiger partial charge >= 0.3 is 0 Å². The number of para-hydroxylation sites is 1. The van der Waals surface area contributed by atoms with Gasteiger partial charge in [-0.25, -0.2) is 15.0 Å². The smallest absolute Gasteiger partial charge is 0.257 e. The zero-order valence-corrected chi connectivity index (χ0v) is 15.4. The van der Waals surface area contributed by atoms with Crippen LogP contribution >= 0.6 is 0 Å². The summed E-state index contributed by atoms with van der Waals surface area (Å²) in [4.78, 5) is 34.3. The molecule has 138 valence electrons. The number of aryl methyl sites for hydroxylation is 1. The average molecular weight is 371 g/mol. The molecule has 4 heterocycles. The van der Waals surface area contributed by atoms with E-state index in [9.17, 15) is 9.59 Å². The Labute approximate surface area is 161 Å².